The predicted octanol–water partition coefficient (Wildman–Crippen LogP) is 4.46. The van der Waals surface area contributed by atoms with Crippen molar-refractivity contribution < 1.29 is 19.5 Å². The normalized spacial score (nSPS) is 30.2. The lowest BCUT2D eigenvalue weighted by Gasteiger charge is -2.40. The fraction of sp³-hybridized carbons (Fsp3) is 0.472. The molecule has 0 aliphatic carbocycles. The van der Waals surface area contributed by atoms with Crippen LogP contribution in [0.25, 0.3) is 0 Å². The number of rotatable bonds is 10. The van der Waals surface area contributed by atoms with E-state index >= 15 is 0 Å². The number of aliphatic hydroxyl groups excluding tert-OH is 1. The smallest absolute Gasteiger partial charge is 0.247 e. The lowest BCUT2D eigenvalue weighted by atomic mass is 9.74. The fourth-order valence-electron chi connectivity index (χ4n) is 7.79. The molecule has 4 heterocycles. The van der Waals surface area contributed by atoms with Gasteiger partial charge < -0.3 is 19.8 Å². The molecule has 4 aliphatic rings. The summed E-state index contributed by atoms with van der Waals surface area (Å²) in [5, 5.41) is 10.8. The van der Waals surface area contributed by atoms with Crippen molar-refractivity contribution in [1.82, 2.24) is 14.7 Å². The Morgan fingerprint density at radius 1 is 0.841 bits per heavy atom. The molecule has 3 amide bonds. The first-order valence-electron chi connectivity index (χ1n) is 16.0. The van der Waals surface area contributed by atoms with E-state index in [-0.39, 0.29) is 24.3 Å². The molecule has 6 rings (SSSR count). The summed E-state index contributed by atoms with van der Waals surface area (Å²) < 4.78 is -1.59. The Labute approximate surface area is 265 Å². The van der Waals surface area contributed by atoms with Crippen LogP contribution in [-0.4, -0.2) is 85.3 Å². The summed E-state index contributed by atoms with van der Waals surface area (Å²) >= 11 is 1.60. The summed E-state index contributed by atoms with van der Waals surface area (Å²) in [5.74, 6) is -1.72. The van der Waals surface area contributed by atoms with E-state index < -0.39 is 33.4 Å². The van der Waals surface area contributed by atoms with Crippen LogP contribution < -0.4 is 0 Å². The van der Waals surface area contributed by atoms with Crippen molar-refractivity contribution in [2.24, 2.45) is 11.8 Å². The van der Waals surface area contributed by atoms with Crippen molar-refractivity contribution in [2.75, 3.05) is 26.2 Å². The molecule has 2 saturated heterocycles. The maximum absolute atomic E-state index is 14.9. The Morgan fingerprint density at radius 2 is 1.50 bits per heavy atom. The second-order valence-electron chi connectivity index (χ2n) is 12.8. The number of benzene rings is 2. The van der Waals surface area contributed by atoms with Crippen molar-refractivity contribution in [3.63, 3.8) is 0 Å². The summed E-state index contributed by atoms with van der Waals surface area (Å²) in [7, 11) is 0. The fourth-order valence-corrected chi connectivity index (χ4v) is 9.93. The molecule has 232 valence electrons. The van der Waals surface area contributed by atoms with Crippen LogP contribution in [0.4, 0.5) is 0 Å². The lowest BCUT2D eigenvalue weighted by Crippen LogP contribution is -2.57. The third-order valence-electron chi connectivity index (χ3n) is 9.83. The SMILES string of the molecule is CCCCCN1CC=C[C@]23S[C@@]4(C)C=CCN(Cc5ccccc5)C(=O)[C@H]4[C@H]2C(=O)N([C@@H](CO)Cc2ccccc2)C3C1=O. The molecule has 1 spiro atoms. The Bertz CT molecular complexity index is 1430. The van der Waals surface area contributed by atoms with Crippen LogP contribution in [0.5, 0.6) is 0 Å². The molecular formula is C36H43N3O4S. The summed E-state index contributed by atoms with van der Waals surface area (Å²) in [6, 6.07) is 18.3. The minimum Gasteiger partial charge on any atom is -0.394 e. The topological polar surface area (TPSA) is 81.2 Å². The molecule has 44 heavy (non-hydrogen) atoms. The van der Waals surface area contributed by atoms with Gasteiger partial charge in [0.2, 0.25) is 17.7 Å². The maximum Gasteiger partial charge on any atom is 0.247 e. The van der Waals surface area contributed by atoms with E-state index in [0.717, 1.165) is 30.4 Å². The van der Waals surface area contributed by atoms with Gasteiger partial charge in [0.15, 0.2) is 0 Å². The first-order chi connectivity index (χ1) is 21.3. The second-order valence-corrected chi connectivity index (χ2v) is 14.6. The molecule has 0 saturated carbocycles. The minimum absolute atomic E-state index is 0.0572. The van der Waals surface area contributed by atoms with Gasteiger partial charge in [0.05, 0.1) is 29.2 Å². The number of likely N-dealkylation sites (tertiary alicyclic amines) is 1. The van der Waals surface area contributed by atoms with Gasteiger partial charge in [0.25, 0.3) is 0 Å². The monoisotopic (exact) mass is 613 g/mol. The van der Waals surface area contributed by atoms with Gasteiger partial charge in [0, 0.05) is 30.9 Å². The van der Waals surface area contributed by atoms with Crippen LogP contribution >= 0.6 is 11.8 Å². The van der Waals surface area contributed by atoms with Crippen molar-refractivity contribution in [2.45, 2.75) is 67.7 Å². The highest BCUT2D eigenvalue weighted by atomic mass is 32.2. The molecule has 7 nitrogen and oxygen atoms in total. The number of fused-ring (bicyclic) bond motifs is 2. The number of amides is 3. The Kier molecular flexibility index (Phi) is 8.75. The number of carbonyl (C=O) groups is 3. The first-order valence-corrected chi connectivity index (χ1v) is 16.8. The summed E-state index contributed by atoms with van der Waals surface area (Å²) in [6.45, 7) is 5.94. The molecule has 1 unspecified atom stereocenters. The maximum atomic E-state index is 14.9. The van der Waals surface area contributed by atoms with Gasteiger partial charge in [-0.2, -0.15) is 0 Å². The van der Waals surface area contributed by atoms with Gasteiger partial charge >= 0.3 is 0 Å². The first kappa shape index (κ1) is 30.7. The average Bonchev–Trinajstić information content (AvgIpc) is 3.31. The van der Waals surface area contributed by atoms with Gasteiger partial charge in [-0.1, -0.05) is 105 Å². The summed E-state index contributed by atoms with van der Waals surface area (Å²) in [6.07, 6.45) is 11.6. The number of unbranched alkanes of at least 4 members (excludes halogenated alkanes) is 2. The quantitative estimate of drug-likeness (QED) is 0.316. The molecule has 1 N–H and O–H groups in total. The molecule has 0 bridgehead atoms. The van der Waals surface area contributed by atoms with Crippen molar-refractivity contribution in [3.05, 3.63) is 96.1 Å². The zero-order chi connectivity index (χ0) is 30.9. The van der Waals surface area contributed by atoms with Gasteiger partial charge in [-0.25, -0.2) is 0 Å². The van der Waals surface area contributed by atoms with Crippen LogP contribution in [0.2, 0.25) is 0 Å². The zero-order valence-electron chi connectivity index (χ0n) is 25.7. The number of nitrogens with zero attached hydrogens (tertiary/aromatic N) is 3. The van der Waals surface area contributed by atoms with Crippen LogP contribution in [0.1, 0.15) is 44.2 Å². The molecule has 0 aromatic heterocycles. The number of hydrogen-bond donors (Lipinski definition) is 1. The average molecular weight is 614 g/mol. The standard InChI is InChI=1S/C36H43N3O4S/c1-3-4-11-20-37-21-13-19-36-30(33(42)39(31(36)34(37)43)28(25-40)23-26-14-7-5-8-15-26)29-32(41)38(22-12-18-35(29,2)44-36)24-27-16-9-6-10-17-27/h5-10,12-19,28-31,40H,3-4,11,20-25H2,1-2H3/t28-,29-,30+,31?,35+,36+/m1/s1. The van der Waals surface area contributed by atoms with Gasteiger partial charge in [-0.3, -0.25) is 14.4 Å². The molecule has 2 fully saturated rings. The van der Waals surface area contributed by atoms with E-state index in [1.165, 1.54) is 0 Å². The van der Waals surface area contributed by atoms with Gasteiger partial charge in [-0.05, 0) is 30.9 Å². The number of hydrogen-bond acceptors (Lipinski definition) is 5. The van der Waals surface area contributed by atoms with Crippen LogP contribution in [0.3, 0.4) is 0 Å². The van der Waals surface area contributed by atoms with Crippen molar-refractivity contribution in [3.8, 4) is 0 Å². The molecule has 8 heteroatoms. The largest absolute Gasteiger partial charge is 0.394 e. The van der Waals surface area contributed by atoms with Gasteiger partial charge in [0.1, 0.15) is 6.04 Å². The number of thioether (sulfide) groups is 1. The van der Waals surface area contributed by atoms with Crippen LogP contribution in [0, 0.1) is 11.8 Å². The van der Waals surface area contributed by atoms with Crippen LogP contribution in [-0.2, 0) is 27.3 Å². The van der Waals surface area contributed by atoms with Crippen molar-refractivity contribution in [1.29, 1.82) is 0 Å². The highest BCUT2D eigenvalue weighted by Gasteiger charge is 2.74. The Morgan fingerprint density at radius 3 is 2.18 bits per heavy atom. The van der Waals surface area contributed by atoms with E-state index in [1.807, 2.05) is 82.6 Å². The van der Waals surface area contributed by atoms with E-state index in [9.17, 15) is 19.5 Å². The number of carbonyl (C=O) groups excluding carboxylic acids is 3. The van der Waals surface area contributed by atoms with Gasteiger partial charge in [-0.15, -0.1) is 11.8 Å². The van der Waals surface area contributed by atoms with Crippen LogP contribution in [0.15, 0.2) is 85.0 Å². The molecule has 4 aliphatic heterocycles. The summed E-state index contributed by atoms with van der Waals surface area (Å²) in [5.41, 5.74) is 2.02. The highest BCUT2D eigenvalue weighted by molar-refractivity contribution is 8.02. The second kappa shape index (κ2) is 12.6. The third kappa shape index (κ3) is 5.30. The van der Waals surface area contributed by atoms with E-state index in [0.29, 0.717) is 32.6 Å². The predicted molar refractivity (Wildman–Crippen MR) is 174 cm³/mol. The molecular weight excluding hydrogens is 570 g/mol. The molecule has 0 radical (unpaired) electrons. The number of aliphatic hydroxyl groups is 1. The summed E-state index contributed by atoms with van der Waals surface area (Å²) in [4.78, 5) is 49.5. The third-order valence-corrected chi connectivity index (χ3v) is 11.6. The Hall–Kier alpha value is -3.36. The zero-order valence-corrected chi connectivity index (χ0v) is 26.5. The molecule has 2 aromatic carbocycles. The van der Waals surface area contributed by atoms with E-state index in [1.54, 1.807) is 16.7 Å². The molecule has 2 aromatic rings. The van der Waals surface area contributed by atoms with Crippen molar-refractivity contribution >= 4 is 29.5 Å². The minimum atomic E-state index is -0.924. The Balaban J connectivity index is 1.42. The van der Waals surface area contributed by atoms with E-state index in [4.69, 9.17) is 0 Å². The highest BCUT2D eigenvalue weighted by Crippen LogP contribution is 2.66. The molecule has 6 atom stereocenters. The van der Waals surface area contributed by atoms with E-state index in [2.05, 4.69) is 26.0 Å². The lowest BCUT2D eigenvalue weighted by molar-refractivity contribution is -0.147.